The summed E-state index contributed by atoms with van der Waals surface area (Å²) in [6.45, 7) is 5.61. The second-order valence-corrected chi connectivity index (χ2v) is 8.34. The number of anilines is 2. The van der Waals surface area contributed by atoms with Crippen LogP contribution in [0.25, 0.3) is 11.2 Å². The summed E-state index contributed by atoms with van der Waals surface area (Å²) in [4.78, 5) is 34.5. The van der Waals surface area contributed by atoms with Crippen molar-refractivity contribution in [3.05, 3.63) is 40.1 Å². The fourth-order valence-corrected chi connectivity index (χ4v) is 3.92. The molecule has 33 heavy (non-hydrogen) atoms. The standard InChI is InChI=1S/C21H23Cl2N7O3/c1-13-19-20(28-21(25-13)30-6-4-29(5-7-30)8-9-31)24-11-17(27-19)26-18(32)12-33-16-3-2-14(22)10-15(16)23/h2-3,10-11,31H,4-9,12H2,1H3,(H,26,27,32). The maximum Gasteiger partial charge on any atom is 0.263 e. The molecule has 0 unspecified atom stereocenters. The van der Waals surface area contributed by atoms with E-state index in [2.05, 4.69) is 35.1 Å². The number of piperazine rings is 1. The Morgan fingerprint density at radius 3 is 2.70 bits per heavy atom. The number of aliphatic hydroxyl groups is 1. The molecule has 12 heteroatoms. The highest BCUT2D eigenvalue weighted by atomic mass is 35.5. The molecule has 10 nitrogen and oxygen atoms in total. The Balaban J connectivity index is 1.41. The van der Waals surface area contributed by atoms with Crippen molar-refractivity contribution < 1.29 is 14.6 Å². The van der Waals surface area contributed by atoms with Gasteiger partial charge < -0.3 is 20.1 Å². The molecule has 3 aromatic rings. The molecule has 0 atom stereocenters. The van der Waals surface area contributed by atoms with Crippen LogP contribution in [-0.4, -0.2) is 81.8 Å². The molecular formula is C21H23Cl2N7O3. The number of amides is 1. The number of aliphatic hydroxyl groups excluding tert-OH is 1. The van der Waals surface area contributed by atoms with Gasteiger partial charge in [0.05, 0.1) is 23.5 Å². The SMILES string of the molecule is Cc1nc(N2CCN(CCO)CC2)nc2ncc(NC(=O)COc3ccc(Cl)cc3Cl)nc12. The number of aromatic nitrogens is 4. The van der Waals surface area contributed by atoms with Crippen molar-refractivity contribution in [1.82, 2.24) is 24.8 Å². The summed E-state index contributed by atoms with van der Waals surface area (Å²) >= 11 is 11.9. The molecule has 1 aromatic carbocycles. The number of hydrogen-bond donors (Lipinski definition) is 2. The molecule has 0 spiro atoms. The van der Waals surface area contributed by atoms with Crippen molar-refractivity contribution in [1.29, 1.82) is 0 Å². The first kappa shape index (κ1) is 23.4. The van der Waals surface area contributed by atoms with E-state index in [-0.39, 0.29) is 19.0 Å². The lowest BCUT2D eigenvalue weighted by Gasteiger charge is -2.34. The van der Waals surface area contributed by atoms with Crippen LogP contribution in [0.5, 0.6) is 5.75 Å². The molecule has 0 radical (unpaired) electrons. The van der Waals surface area contributed by atoms with E-state index in [1.807, 2.05) is 6.92 Å². The number of rotatable bonds is 7. The van der Waals surface area contributed by atoms with E-state index in [0.29, 0.717) is 45.1 Å². The maximum absolute atomic E-state index is 12.3. The van der Waals surface area contributed by atoms with Crippen molar-refractivity contribution in [2.75, 3.05) is 56.2 Å². The average molecular weight is 492 g/mol. The monoisotopic (exact) mass is 491 g/mol. The minimum Gasteiger partial charge on any atom is -0.482 e. The average Bonchev–Trinajstić information content (AvgIpc) is 2.79. The third-order valence-electron chi connectivity index (χ3n) is 5.16. The van der Waals surface area contributed by atoms with Crippen LogP contribution >= 0.6 is 23.2 Å². The first-order valence-electron chi connectivity index (χ1n) is 10.4. The summed E-state index contributed by atoms with van der Waals surface area (Å²) < 4.78 is 5.44. The molecule has 2 aromatic heterocycles. The molecule has 174 valence electrons. The van der Waals surface area contributed by atoms with Gasteiger partial charge in [0.15, 0.2) is 18.1 Å². The molecule has 1 fully saturated rings. The van der Waals surface area contributed by atoms with Gasteiger partial charge in [-0.1, -0.05) is 23.2 Å². The molecule has 3 heterocycles. The highest BCUT2D eigenvalue weighted by molar-refractivity contribution is 6.35. The zero-order chi connectivity index (χ0) is 23.4. The lowest BCUT2D eigenvalue weighted by atomic mass is 10.3. The molecular weight excluding hydrogens is 469 g/mol. The number of hydrogen-bond acceptors (Lipinski definition) is 9. The Kier molecular flexibility index (Phi) is 7.39. The van der Waals surface area contributed by atoms with E-state index >= 15 is 0 Å². The van der Waals surface area contributed by atoms with E-state index in [9.17, 15) is 4.79 Å². The maximum atomic E-state index is 12.3. The summed E-state index contributed by atoms with van der Waals surface area (Å²) in [5.74, 6) is 0.818. The minimum absolute atomic E-state index is 0.154. The fourth-order valence-electron chi connectivity index (χ4n) is 3.46. The highest BCUT2D eigenvalue weighted by Crippen LogP contribution is 2.27. The lowest BCUT2D eigenvalue weighted by molar-refractivity contribution is -0.118. The number of carbonyl (C=O) groups is 1. The van der Waals surface area contributed by atoms with Gasteiger partial charge in [-0.25, -0.2) is 15.0 Å². The zero-order valence-electron chi connectivity index (χ0n) is 18.0. The molecule has 0 bridgehead atoms. The number of carbonyl (C=O) groups excluding carboxylic acids is 1. The number of β-amino-alcohol motifs (C(OH)–C–C–N with tert-alkyl or cyclic N) is 1. The first-order chi connectivity index (χ1) is 15.9. The topological polar surface area (TPSA) is 117 Å². The molecule has 1 saturated heterocycles. The Labute approximate surface area is 200 Å². The third kappa shape index (κ3) is 5.77. The quantitative estimate of drug-likeness (QED) is 0.512. The third-order valence-corrected chi connectivity index (χ3v) is 5.69. The van der Waals surface area contributed by atoms with Gasteiger partial charge in [-0.05, 0) is 25.1 Å². The molecule has 4 rings (SSSR count). The number of aryl methyl sites for hydroxylation is 1. The van der Waals surface area contributed by atoms with Crippen molar-refractivity contribution >= 4 is 52.0 Å². The second kappa shape index (κ2) is 10.4. The Bertz CT molecular complexity index is 1160. The number of halogens is 2. The van der Waals surface area contributed by atoms with Crippen LogP contribution in [0, 0.1) is 6.92 Å². The molecule has 2 N–H and O–H groups in total. The Morgan fingerprint density at radius 2 is 1.97 bits per heavy atom. The number of fused-ring (bicyclic) bond motifs is 1. The van der Waals surface area contributed by atoms with E-state index in [4.69, 9.17) is 33.0 Å². The normalized spacial score (nSPS) is 14.5. The van der Waals surface area contributed by atoms with E-state index in [1.165, 1.54) is 12.3 Å². The fraction of sp³-hybridized carbons (Fsp3) is 0.381. The van der Waals surface area contributed by atoms with Crippen molar-refractivity contribution in [3.63, 3.8) is 0 Å². The number of nitrogens with one attached hydrogen (secondary N) is 1. The number of benzene rings is 1. The second-order valence-electron chi connectivity index (χ2n) is 7.50. The van der Waals surface area contributed by atoms with Crippen LogP contribution in [0.3, 0.4) is 0 Å². The predicted molar refractivity (Wildman–Crippen MR) is 126 cm³/mol. The molecule has 0 saturated carbocycles. The van der Waals surface area contributed by atoms with Crippen LogP contribution < -0.4 is 15.0 Å². The molecule has 1 aliphatic rings. The molecule has 1 amide bonds. The van der Waals surface area contributed by atoms with Crippen molar-refractivity contribution in [3.8, 4) is 5.75 Å². The van der Waals surface area contributed by atoms with Crippen LogP contribution in [0.2, 0.25) is 10.0 Å². The lowest BCUT2D eigenvalue weighted by Crippen LogP contribution is -2.47. The van der Waals surface area contributed by atoms with Crippen LogP contribution in [-0.2, 0) is 4.79 Å². The van der Waals surface area contributed by atoms with Crippen molar-refractivity contribution in [2.45, 2.75) is 6.92 Å². The smallest absolute Gasteiger partial charge is 0.263 e. The first-order valence-corrected chi connectivity index (χ1v) is 11.2. The van der Waals surface area contributed by atoms with Crippen LogP contribution in [0.4, 0.5) is 11.8 Å². The minimum atomic E-state index is -0.411. The van der Waals surface area contributed by atoms with Gasteiger partial charge in [-0.2, -0.15) is 4.98 Å². The van der Waals surface area contributed by atoms with Gasteiger partial charge in [0, 0.05) is 37.7 Å². The predicted octanol–water partition coefficient (Wildman–Crippen LogP) is 2.17. The number of nitrogens with zero attached hydrogens (tertiary/aromatic N) is 6. The van der Waals surface area contributed by atoms with Gasteiger partial charge in [0.25, 0.3) is 5.91 Å². The summed E-state index contributed by atoms with van der Waals surface area (Å²) in [5.41, 5.74) is 1.63. The van der Waals surface area contributed by atoms with Crippen molar-refractivity contribution in [2.24, 2.45) is 0 Å². The van der Waals surface area contributed by atoms with E-state index in [0.717, 1.165) is 26.2 Å². The summed E-state index contributed by atoms with van der Waals surface area (Å²) in [6.07, 6.45) is 1.45. The van der Waals surface area contributed by atoms with Crippen LogP contribution in [0.15, 0.2) is 24.4 Å². The van der Waals surface area contributed by atoms with Crippen LogP contribution in [0.1, 0.15) is 5.69 Å². The molecule has 1 aliphatic heterocycles. The Hall–Kier alpha value is -2.79. The van der Waals surface area contributed by atoms with E-state index in [1.54, 1.807) is 12.1 Å². The number of ether oxygens (including phenoxy) is 1. The van der Waals surface area contributed by atoms with Gasteiger partial charge in [-0.3, -0.25) is 9.69 Å². The van der Waals surface area contributed by atoms with Gasteiger partial charge >= 0.3 is 0 Å². The Morgan fingerprint density at radius 1 is 1.18 bits per heavy atom. The molecule has 0 aliphatic carbocycles. The van der Waals surface area contributed by atoms with E-state index < -0.39 is 5.91 Å². The van der Waals surface area contributed by atoms with Gasteiger partial charge in [0.2, 0.25) is 5.95 Å². The summed E-state index contributed by atoms with van der Waals surface area (Å²) in [5, 5.41) is 12.6. The zero-order valence-corrected chi connectivity index (χ0v) is 19.5. The largest absolute Gasteiger partial charge is 0.482 e. The highest BCUT2D eigenvalue weighted by Gasteiger charge is 2.20. The van der Waals surface area contributed by atoms with Gasteiger partial charge in [-0.15, -0.1) is 0 Å². The summed E-state index contributed by atoms with van der Waals surface area (Å²) in [7, 11) is 0. The van der Waals surface area contributed by atoms with Gasteiger partial charge in [0.1, 0.15) is 11.3 Å². The summed E-state index contributed by atoms with van der Waals surface area (Å²) in [6, 6.07) is 4.76.